The normalized spacial score (nSPS) is 19.6. The van der Waals surface area contributed by atoms with Crippen LogP contribution in [0, 0.1) is 0 Å². The van der Waals surface area contributed by atoms with Crippen LogP contribution in [0.1, 0.15) is 25.5 Å². The minimum absolute atomic E-state index is 0.00131. The summed E-state index contributed by atoms with van der Waals surface area (Å²) in [5, 5.41) is 4.94. The highest BCUT2D eigenvalue weighted by Gasteiger charge is 2.18. The van der Waals surface area contributed by atoms with Gasteiger partial charge in [-0.25, -0.2) is 14.6 Å². The zero-order chi connectivity index (χ0) is 13.2. The standard InChI is InChI=1S/C12H12Cl2N4O/c13-9-6-15-12(14)17-11(9)8-5-16-18(7-8)10-3-1-2-4-19-10/h5-7,10H,1-4H2. The second-order valence-corrected chi connectivity index (χ2v) is 5.11. The summed E-state index contributed by atoms with van der Waals surface area (Å²) < 4.78 is 7.48. The predicted octanol–water partition coefficient (Wildman–Crippen LogP) is 3.35. The van der Waals surface area contributed by atoms with Gasteiger partial charge < -0.3 is 4.74 Å². The maximum Gasteiger partial charge on any atom is 0.222 e. The highest BCUT2D eigenvalue weighted by molar-refractivity contribution is 6.33. The first-order chi connectivity index (χ1) is 9.24. The van der Waals surface area contributed by atoms with Crippen LogP contribution in [0.3, 0.4) is 0 Å². The summed E-state index contributed by atoms with van der Waals surface area (Å²) in [7, 11) is 0. The number of rotatable bonds is 2. The van der Waals surface area contributed by atoms with Gasteiger partial charge in [0, 0.05) is 18.4 Å². The summed E-state index contributed by atoms with van der Waals surface area (Å²) in [5.74, 6) is 0. The molecule has 1 aliphatic rings. The van der Waals surface area contributed by atoms with Crippen LogP contribution in [0.2, 0.25) is 10.3 Å². The average Bonchev–Trinajstić information content (AvgIpc) is 2.92. The number of aromatic nitrogens is 4. The van der Waals surface area contributed by atoms with Crippen molar-refractivity contribution in [3.05, 3.63) is 28.9 Å². The van der Waals surface area contributed by atoms with Gasteiger partial charge in [-0.1, -0.05) is 11.6 Å². The van der Waals surface area contributed by atoms with Gasteiger partial charge in [-0.2, -0.15) is 5.10 Å². The van der Waals surface area contributed by atoms with Gasteiger partial charge in [0.05, 0.1) is 23.1 Å². The van der Waals surface area contributed by atoms with Gasteiger partial charge in [-0.15, -0.1) is 0 Å². The number of hydrogen-bond acceptors (Lipinski definition) is 4. The van der Waals surface area contributed by atoms with E-state index in [-0.39, 0.29) is 11.5 Å². The van der Waals surface area contributed by atoms with Gasteiger partial charge in [0.15, 0.2) is 0 Å². The van der Waals surface area contributed by atoms with E-state index in [1.54, 1.807) is 10.9 Å². The predicted molar refractivity (Wildman–Crippen MR) is 72.1 cm³/mol. The van der Waals surface area contributed by atoms with Crippen molar-refractivity contribution in [2.75, 3.05) is 6.61 Å². The molecule has 1 saturated heterocycles. The molecule has 0 bridgehead atoms. The molecule has 0 N–H and O–H groups in total. The Morgan fingerprint density at radius 1 is 1.26 bits per heavy atom. The first-order valence-electron chi connectivity index (χ1n) is 6.08. The van der Waals surface area contributed by atoms with Crippen LogP contribution in [-0.2, 0) is 4.74 Å². The van der Waals surface area contributed by atoms with E-state index in [1.165, 1.54) is 6.20 Å². The lowest BCUT2D eigenvalue weighted by molar-refractivity contribution is -0.0394. The number of ether oxygens (including phenoxy) is 1. The molecule has 2 aromatic rings. The van der Waals surface area contributed by atoms with Gasteiger partial charge in [0.2, 0.25) is 5.28 Å². The summed E-state index contributed by atoms with van der Waals surface area (Å²) in [4.78, 5) is 7.96. The lowest BCUT2D eigenvalue weighted by Gasteiger charge is -2.22. The monoisotopic (exact) mass is 298 g/mol. The highest BCUT2D eigenvalue weighted by Crippen LogP contribution is 2.28. The first-order valence-corrected chi connectivity index (χ1v) is 6.84. The van der Waals surface area contributed by atoms with Crippen molar-refractivity contribution in [1.82, 2.24) is 19.7 Å². The van der Waals surface area contributed by atoms with E-state index in [0.29, 0.717) is 10.7 Å². The van der Waals surface area contributed by atoms with Crippen LogP contribution in [0.25, 0.3) is 11.3 Å². The second kappa shape index (κ2) is 5.45. The van der Waals surface area contributed by atoms with Gasteiger partial charge in [-0.3, -0.25) is 0 Å². The molecule has 3 heterocycles. The fraction of sp³-hybridized carbons (Fsp3) is 0.417. The van der Waals surface area contributed by atoms with E-state index in [0.717, 1.165) is 31.4 Å². The third-order valence-corrected chi connectivity index (χ3v) is 3.50. The van der Waals surface area contributed by atoms with Crippen LogP contribution in [-0.4, -0.2) is 26.4 Å². The van der Waals surface area contributed by atoms with E-state index >= 15 is 0 Å². The van der Waals surface area contributed by atoms with E-state index in [4.69, 9.17) is 27.9 Å². The Labute approximate surface area is 120 Å². The topological polar surface area (TPSA) is 52.8 Å². The van der Waals surface area contributed by atoms with E-state index in [1.807, 2.05) is 6.20 Å². The maximum absolute atomic E-state index is 6.07. The molecule has 0 aromatic carbocycles. The van der Waals surface area contributed by atoms with Gasteiger partial charge >= 0.3 is 0 Å². The molecule has 2 aromatic heterocycles. The van der Waals surface area contributed by atoms with Gasteiger partial charge in [-0.05, 0) is 30.9 Å². The van der Waals surface area contributed by atoms with Crippen molar-refractivity contribution in [2.24, 2.45) is 0 Å². The molecule has 3 rings (SSSR count). The quantitative estimate of drug-likeness (QED) is 0.798. The van der Waals surface area contributed by atoms with Crippen molar-refractivity contribution in [1.29, 1.82) is 0 Å². The molecule has 5 nitrogen and oxygen atoms in total. The third-order valence-electron chi connectivity index (χ3n) is 3.04. The average molecular weight is 299 g/mol. The molecule has 1 aliphatic heterocycles. The van der Waals surface area contributed by atoms with Gasteiger partial charge in [0.25, 0.3) is 0 Å². The first kappa shape index (κ1) is 12.8. The number of hydrogen-bond donors (Lipinski definition) is 0. The van der Waals surface area contributed by atoms with Crippen LogP contribution in [0.4, 0.5) is 0 Å². The van der Waals surface area contributed by atoms with E-state index in [9.17, 15) is 0 Å². The molecular formula is C12H12Cl2N4O. The minimum Gasteiger partial charge on any atom is -0.357 e. The SMILES string of the molecule is Clc1ncc(Cl)c(-c2cnn(C3CCCCO3)c2)n1. The molecule has 0 saturated carbocycles. The second-order valence-electron chi connectivity index (χ2n) is 4.37. The Morgan fingerprint density at radius 2 is 2.16 bits per heavy atom. The summed E-state index contributed by atoms with van der Waals surface area (Å²) in [6.45, 7) is 0.778. The van der Waals surface area contributed by atoms with Crippen molar-refractivity contribution in [3.63, 3.8) is 0 Å². The van der Waals surface area contributed by atoms with Crippen molar-refractivity contribution >= 4 is 23.2 Å². The fourth-order valence-electron chi connectivity index (χ4n) is 2.10. The van der Waals surface area contributed by atoms with Crippen LogP contribution in [0.5, 0.6) is 0 Å². The molecular weight excluding hydrogens is 287 g/mol. The summed E-state index contributed by atoms with van der Waals surface area (Å²) in [6, 6.07) is 0. The molecule has 7 heteroatoms. The number of nitrogens with zero attached hydrogens (tertiary/aromatic N) is 4. The molecule has 0 aliphatic carbocycles. The van der Waals surface area contributed by atoms with E-state index < -0.39 is 0 Å². The molecule has 19 heavy (non-hydrogen) atoms. The largest absolute Gasteiger partial charge is 0.357 e. The van der Waals surface area contributed by atoms with Crippen molar-refractivity contribution in [3.8, 4) is 11.3 Å². The Morgan fingerprint density at radius 3 is 2.95 bits per heavy atom. The Balaban J connectivity index is 1.89. The summed E-state index contributed by atoms with van der Waals surface area (Å²) in [5.41, 5.74) is 1.40. The van der Waals surface area contributed by atoms with Crippen molar-refractivity contribution in [2.45, 2.75) is 25.5 Å². The molecule has 1 atom stereocenters. The molecule has 0 amide bonds. The highest BCUT2D eigenvalue weighted by atomic mass is 35.5. The van der Waals surface area contributed by atoms with Crippen LogP contribution in [0.15, 0.2) is 18.6 Å². The third kappa shape index (κ3) is 2.73. The van der Waals surface area contributed by atoms with Crippen molar-refractivity contribution < 1.29 is 4.74 Å². The zero-order valence-electron chi connectivity index (χ0n) is 10.1. The molecule has 100 valence electrons. The molecule has 1 unspecified atom stereocenters. The molecule has 1 fully saturated rings. The molecule has 0 radical (unpaired) electrons. The Kier molecular flexibility index (Phi) is 3.68. The number of halogens is 2. The Bertz CT molecular complexity index is 581. The lowest BCUT2D eigenvalue weighted by Crippen LogP contribution is -2.18. The maximum atomic E-state index is 6.07. The Hall–Kier alpha value is -1.17. The zero-order valence-corrected chi connectivity index (χ0v) is 11.6. The van der Waals surface area contributed by atoms with Crippen LogP contribution >= 0.6 is 23.2 Å². The summed E-state index contributed by atoms with van der Waals surface area (Å²) >= 11 is 11.9. The minimum atomic E-state index is -0.00131. The van der Waals surface area contributed by atoms with E-state index in [2.05, 4.69) is 15.1 Å². The molecule has 0 spiro atoms. The lowest BCUT2D eigenvalue weighted by atomic mass is 10.2. The van der Waals surface area contributed by atoms with Gasteiger partial charge in [0.1, 0.15) is 6.23 Å². The summed E-state index contributed by atoms with van der Waals surface area (Å²) in [6.07, 6.45) is 8.31. The van der Waals surface area contributed by atoms with Crippen LogP contribution < -0.4 is 0 Å². The fourth-order valence-corrected chi connectivity index (χ4v) is 2.43. The smallest absolute Gasteiger partial charge is 0.222 e.